The Kier molecular flexibility index (Phi) is 6.11. The minimum atomic E-state index is -0.251. The van der Waals surface area contributed by atoms with Gasteiger partial charge in [-0.3, -0.25) is 0 Å². The molecule has 0 bridgehead atoms. The maximum Gasteiger partial charge on any atom is 0.173 e. The van der Waals surface area contributed by atoms with Crippen molar-refractivity contribution in [1.29, 1.82) is 0 Å². The predicted molar refractivity (Wildman–Crippen MR) is 116 cm³/mol. The number of benzene rings is 2. The lowest BCUT2D eigenvalue weighted by atomic mass is 10.1. The number of halogens is 1. The van der Waals surface area contributed by atoms with Crippen molar-refractivity contribution in [2.45, 2.75) is 40.2 Å². The summed E-state index contributed by atoms with van der Waals surface area (Å²) >= 11 is 5.67. The fourth-order valence-electron chi connectivity index (χ4n) is 3.35. The number of hydrogen-bond donors (Lipinski definition) is 2. The zero-order valence-electron chi connectivity index (χ0n) is 16.1. The average Bonchev–Trinajstić information content (AvgIpc) is 3.00. The van der Waals surface area contributed by atoms with E-state index in [1.807, 2.05) is 0 Å². The molecule has 142 valence electrons. The summed E-state index contributed by atoms with van der Waals surface area (Å²) in [5, 5.41) is 5.17. The molecule has 3 aromatic rings. The van der Waals surface area contributed by atoms with E-state index in [1.165, 1.54) is 39.9 Å². The molecule has 0 fully saturated rings. The molecular formula is C22H26FN3S. The molecule has 2 N–H and O–H groups in total. The fraction of sp³-hybridized carbons (Fsp3) is 0.318. The van der Waals surface area contributed by atoms with Crippen molar-refractivity contribution < 1.29 is 4.39 Å². The third kappa shape index (κ3) is 4.48. The van der Waals surface area contributed by atoms with Gasteiger partial charge in [-0.1, -0.05) is 25.5 Å². The number of H-pyrrole nitrogens is 1. The molecular weight excluding hydrogens is 357 g/mol. The van der Waals surface area contributed by atoms with Crippen molar-refractivity contribution in [3.05, 3.63) is 65.1 Å². The van der Waals surface area contributed by atoms with Crippen molar-refractivity contribution in [3.63, 3.8) is 0 Å². The van der Waals surface area contributed by atoms with Crippen LogP contribution in [0.4, 0.5) is 10.1 Å². The van der Waals surface area contributed by atoms with Gasteiger partial charge in [-0.2, -0.15) is 0 Å². The molecule has 0 atom stereocenters. The van der Waals surface area contributed by atoms with Crippen LogP contribution in [0.1, 0.15) is 37.1 Å². The number of anilines is 1. The van der Waals surface area contributed by atoms with Gasteiger partial charge in [0.25, 0.3) is 0 Å². The number of hydrogen-bond acceptors (Lipinski definition) is 1. The second kappa shape index (κ2) is 8.53. The quantitative estimate of drug-likeness (QED) is 0.529. The molecule has 1 aromatic heterocycles. The molecule has 0 saturated heterocycles. The van der Waals surface area contributed by atoms with Crippen LogP contribution in [0.25, 0.3) is 10.9 Å². The Bertz CT molecular complexity index is 931. The van der Waals surface area contributed by atoms with E-state index in [0.29, 0.717) is 5.11 Å². The molecule has 27 heavy (non-hydrogen) atoms. The van der Waals surface area contributed by atoms with E-state index in [4.69, 9.17) is 12.2 Å². The van der Waals surface area contributed by atoms with E-state index >= 15 is 0 Å². The smallest absolute Gasteiger partial charge is 0.173 e. The zero-order chi connectivity index (χ0) is 19.4. The van der Waals surface area contributed by atoms with Crippen LogP contribution < -0.4 is 5.32 Å². The summed E-state index contributed by atoms with van der Waals surface area (Å²) in [6.45, 7) is 8.03. The third-order valence-electron chi connectivity index (χ3n) is 4.73. The van der Waals surface area contributed by atoms with Crippen molar-refractivity contribution >= 4 is 33.9 Å². The van der Waals surface area contributed by atoms with Crippen LogP contribution in [0.5, 0.6) is 0 Å². The van der Waals surface area contributed by atoms with E-state index in [2.05, 4.69) is 54.2 Å². The van der Waals surface area contributed by atoms with Gasteiger partial charge < -0.3 is 15.2 Å². The Hall–Kier alpha value is -2.40. The summed E-state index contributed by atoms with van der Waals surface area (Å²) in [7, 11) is 0. The topological polar surface area (TPSA) is 31.1 Å². The van der Waals surface area contributed by atoms with E-state index in [-0.39, 0.29) is 5.82 Å². The Labute approximate surface area is 165 Å². The van der Waals surface area contributed by atoms with Crippen LogP contribution >= 0.6 is 12.2 Å². The summed E-state index contributed by atoms with van der Waals surface area (Å²) in [5.74, 6) is -0.251. The molecule has 1 heterocycles. The second-order valence-electron chi connectivity index (χ2n) is 6.84. The van der Waals surface area contributed by atoms with E-state index in [1.54, 1.807) is 12.1 Å². The van der Waals surface area contributed by atoms with Gasteiger partial charge in [-0.25, -0.2) is 4.39 Å². The van der Waals surface area contributed by atoms with Crippen LogP contribution in [0, 0.1) is 12.7 Å². The maximum atomic E-state index is 13.1. The Morgan fingerprint density at radius 2 is 1.89 bits per heavy atom. The number of aromatic nitrogens is 1. The third-order valence-corrected chi connectivity index (χ3v) is 5.09. The largest absolute Gasteiger partial charge is 0.358 e. The number of aromatic amines is 1. The van der Waals surface area contributed by atoms with E-state index in [0.717, 1.165) is 31.6 Å². The average molecular weight is 384 g/mol. The van der Waals surface area contributed by atoms with Gasteiger partial charge in [0.15, 0.2) is 5.11 Å². The number of nitrogens with zero attached hydrogens (tertiary/aromatic N) is 1. The molecule has 3 rings (SSSR count). The highest BCUT2D eigenvalue weighted by Crippen LogP contribution is 2.26. The number of nitrogens with one attached hydrogen (secondary N) is 2. The van der Waals surface area contributed by atoms with Gasteiger partial charge >= 0.3 is 0 Å². The molecule has 0 aliphatic rings. The highest BCUT2D eigenvalue weighted by Gasteiger charge is 2.16. The number of rotatable bonds is 6. The first-order chi connectivity index (χ1) is 13.0. The lowest BCUT2D eigenvalue weighted by molar-refractivity contribution is 0.418. The molecule has 0 saturated carbocycles. The number of fused-ring (bicyclic) bond motifs is 1. The monoisotopic (exact) mass is 383 g/mol. The van der Waals surface area contributed by atoms with Gasteiger partial charge in [-0.05, 0) is 68.4 Å². The predicted octanol–water partition coefficient (Wildman–Crippen LogP) is 5.79. The van der Waals surface area contributed by atoms with Crippen LogP contribution in [-0.4, -0.2) is 21.5 Å². The van der Waals surface area contributed by atoms with Crippen LogP contribution in [0.2, 0.25) is 0 Å². The lowest BCUT2D eigenvalue weighted by Crippen LogP contribution is -2.35. The summed E-state index contributed by atoms with van der Waals surface area (Å²) in [4.78, 5) is 5.73. The van der Waals surface area contributed by atoms with E-state index < -0.39 is 0 Å². The van der Waals surface area contributed by atoms with Crippen LogP contribution in [0.3, 0.4) is 0 Å². The molecule has 3 nitrogen and oxygen atoms in total. The van der Waals surface area contributed by atoms with Crippen LogP contribution in [-0.2, 0) is 13.0 Å². The lowest BCUT2D eigenvalue weighted by Gasteiger charge is -2.26. The zero-order valence-corrected chi connectivity index (χ0v) is 16.9. The van der Waals surface area contributed by atoms with Crippen molar-refractivity contribution in [3.8, 4) is 0 Å². The Morgan fingerprint density at radius 3 is 2.56 bits per heavy atom. The molecule has 0 radical (unpaired) electrons. The minimum Gasteiger partial charge on any atom is -0.358 e. The SMILES string of the molecule is CCCN(Cc1c(CC)[nH]c2ccc(C)cc12)C(=S)Nc1ccc(F)cc1. The summed E-state index contributed by atoms with van der Waals surface area (Å²) in [6.07, 6.45) is 1.94. The van der Waals surface area contributed by atoms with Gasteiger partial charge in [0.1, 0.15) is 5.82 Å². The van der Waals surface area contributed by atoms with Gasteiger partial charge in [-0.15, -0.1) is 0 Å². The molecule has 0 spiro atoms. The summed E-state index contributed by atoms with van der Waals surface area (Å²) < 4.78 is 13.1. The second-order valence-corrected chi connectivity index (χ2v) is 7.23. The standard InChI is InChI=1S/C22H26FN3S/c1-4-12-26(22(27)24-17-9-7-16(23)8-10-17)14-19-18-13-15(3)6-11-21(18)25-20(19)5-2/h6-11,13,25H,4-5,12,14H2,1-3H3,(H,24,27). The van der Waals surface area contributed by atoms with Crippen molar-refractivity contribution in [2.75, 3.05) is 11.9 Å². The van der Waals surface area contributed by atoms with Gasteiger partial charge in [0.05, 0.1) is 0 Å². The molecule has 0 unspecified atom stereocenters. The first-order valence-electron chi connectivity index (χ1n) is 9.43. The highest BCUT2D eigenvalue weighted by atomic mass is 32.1. The van der Waals surface area contributed by atoms with Gasteiger partial charge in [0, 0.05) is 40.9 Å². The number of thiocarbonyl (C=S) groups is 1. The summed E-state index contributed by atoms with van der Waals surface area (Å²) in [6, 6.07) is 12.8. The molecule has 2 aromatic carbocycles. The van der Waals surface area contributed by atoms with Crippen LogP contribution in [0.15, 0.2) is 42.5 Å². The van der Waals surface area contributed by atoms with Gasteiger partial charge in [0.2, 0.25) is 0 Å². The fourth-order valence-corrected chi connectivity index (χ4v) is 3.62. The molecule has 0 amide bonds. The molecule has 0 aliphatic heterocycles. The minimum absolute atomic E-state index is 0.251. The summed E-state index contributed by atoms with van der Waals surface area (Å²) in [5.41, 5.74) is 5.77. The number of aryl methyl sites for hydroxylation is 2. The van der Waals surface area contributed by atoms with E-state index in [9.17, 15) is 4.39 Å². The first kappa shape index (κ1) is 19.4. The maximum absolute atomic E-state index is 13.1. The molecule has 5 heteroatoms. The first-order valence-corrected chi connectivity index (χ1v) is 9.84. The normalized spacial score (nSPS) is 11.0. The van der Waals surface area contributed by atoms with Crippen molar-refractivity contribution in [2.24, 2.45) is 0 Å². The highest BCUT2D eigenvalue weighted by molar-refractivity contribution is 7.80. The Morgan fingerprint density at radius 1 is 1.15 bits per heavy atom. The molecule has 0 aliphatic carbocycles. The Balaban J connectivity index is 1.87. The van der Waals surface area contributed by atoms with Crippen molar-refractivity contribution in [1.82, 2.24) is 9.88 Å².